The van der Waals surface area contributed by atoms with Gasteiger partial charge in [0.2, 0.25) is 5.95 Å². The molecule has 7 nitrogen and oxygen atoms in total. The largest absolute Gasteiger partial charge is 0.387 e. The first-order valence-corrected chi connectivity index (χ1v) is 10.5. The molecule has 0 radical (unpaired) electrons. The first-order chi connectivity index (χ1) is 14.1. The van der Waals surface area contributed by atoms with E-state index >= 15 is 0 Å². The lowest BCUT2D eigenvalue weighted by Crippen LogP contribution is -2.47. The number of nitrogens with one attached hydrogen (secondary N) is 1. The van der Waals surface area contributed by atoms with Crippen LogP contribution in [0.4, 0.5) is 11.6 Å². The summed E-state index contributed by atoms with van der Waals surface area (Å²) in [5.41, 5.74) is 3.83. The highest BCUT2D eigenvalue weighted by Gasteiger charge is 2.46. The molecule has 0 bridgehead atoms. The number of amides is 1. The maximum Gasteiger partial charge on any atom is 0.255 e. The van der Waals surface area contributed by atoms with Gasteiger partial charge in [-0.05, 0) is 50.2 Å². The summed E-state index contributed by atoms with van der Waals surface area (Å²) in [5.74, 6) is 0.428. The molecule has 2 aliphatic heterocycles. The van der Waals surface area contributed by atoms with Crippen LogP contribution in [0.2, 0.25) is 0 Å². The van der Waals surface area contributed by atoms with Crippen molar-refractivity contribution in [1.29, 1.82) is 0 Å². The number of benzene rings is 1. The van der Waals surface area contributed by atoms with E-state index in [2.05, 4.69) is 16.0 Å². The van der Waals surface area contributed by atoms with Gasteiger partial charge in [0, 0.05) is 36.3 Å². The van der Waals surface area contributed by atoms with Gasteiger partial charge in [-0.25, -0.2) is 4.98 Å². The summed E-state index contributed by atoms with van der Waals surface area (Å²) in [7, 11) is 0. The molecule has 7 heteroatoms. The predicted octanol–water partition coefficient (Wildman–Crippen LogP) is 1.53. The van der Waals surface area contributed by atoms with E-state index in [1.54, 1.807) is 4.90 Å². The number of nitrogens with zero attached hydrogens (tertiary/aromatic N) is 3. The fraction of sp³-hybridized carbons (Fsp3) is 0.500. The van der Waals surface area contributed by atoms with Gasteiger partial charge in [0.25, 0.3) is 11.5 Å². The van der Waals surface area contributed by atoms with Crippen LogP contribution in [0.15, 0.2) is 29.1 Å². The van der Waals surface area contributed by atoms with Gasteiger partial charge in [-0.15, -0.1) is 0 Å². The number of aryl methyl sites for hydroxylation is 1. The van der Waals surface area contributed by atoms with Gasteiger partial charge in [-0.2, -0.15) is 0 Å². The number of hydrogen-bond donors (Lipinski definition) is 2. The van der Waals surface area contributed by atoms with E-state index in [9.17, 15) is 14.7 Å². The Morgan fingerprint density at radius 1 is 1.17 bits per heavy atom. The van der Waals surface area contributed by atoms with Crippen molar-refractivity contribution in [2.24, 2.45) is 0 Å². The second-order valence-electron chi connectivity index (χ2n) is 8.44. The molecule has 3 heterocycles. The number of carbonyl (C=O) groups excluding carboxylic acids is 1. The average Bonchev–Trinajstić information content (AvgIpc) is 3.08. The van der Waals surface area contributed by atoms with Gasteiger partial charge in [0.15, 0.2) is 0 Å². The van der Waals surface area contributed by atoms with E-state index in [4.69, 9.17) is 4.98 Å². The molecule has 152 valence electrons. The van der Waals surface area contributed by atoms with E-state index < -0.39 is 6.61 Å². The minimum atomic E-state index is -0.475. The molecule has 1 aliphatic carbocycles. The number of aliphatic hydroxyl groups is 1. The molecule has 0 saturated carbocycles. The highest BCUT2D eigenvalue weighted by Crippen LogP contribution is 2.47. The Balaban J connectivity index is 1.40. The van der Waals surface area contributed by atoms with Crippen LogP contribution in [0.1, 0.15) is 42.5 Å². The maximum atomic E-state index is 12.5. The normalized spacial score (nSPS) is 19.9. The Hall–Kier alpha value is -2.67. The maximum absolute atomic E-state index is 12.5. The molecule has 1 amide bonds. The number of anilines is 2. The summed E-state index contributed by atoms with van der Waals surface area (Å²) < 4.78 is 0. The number of carbonyl (C=O) groups is 1. The molecule has 1 spiro atoms. The molecular formula is C22H26N4O3. The van der Waals surface area contributed by atoms with Crippen LogP contribution in [0, 0.1) is 0 Å². The molecule has 1 saturated heterocycles. The quantitative estimate of drug-likeness (QED) is 0.806. The molecule has 2 aromatic rings. The zero-order valence-corrected chi connectivity index (χ0v) is 16.5. The fourth-order valence-corrected chi connectivity index (χ4v) is 5.25. The number of fused-ring (bicyclic) bond motifs is 3. The number of aromatic amines is 1. The molecule has 1 aromatic carbocycles. The van der Waals surface area contributed by atoms with Crippen molar-refractivity contribution in [3.8, 4) is 0 Å². The number of para-hydroxylation sites is 1. The molecule has 1 aromatic heterocycles. The van der Waals surface area contributed by atoms with E-state index in [0.29, 0.717) is 12.5 Å². The lowest BCUT2D eigenvalue weighted by Gasteiger charge is -2.40. The van der Waals surface area contributed by atoms with Crippen LogP contribution >= 0.6 is 0 Å². The highest BCUT2D eigenvalue weighted by molar-refractivity contribution is 5.97. The number of piperidine rings is 1. The lowest BCUT2D eigenvalue weighted by atomic mass is 9.74. The number of hydrogen-bond acceptors (Lipinski definition) is 5. The predicted molar refractivity (Wildman–Crippen MR) is 111 cm³/mol. The Morgan fingerprint density at radius 2 is 1.93 bits per heavy atom. The van der Waals surface area contributed by atoms with Crippen molar-refractivity contribution >= 4 is 17.5 Å². The summed E-state index contributed by atoms with van der Waals surface area (Å²) in [4.78, 5) is 36.5. The van der Waals surface area contributed by atoms with Crippen LogP contribution in [0.5, 0.6) is 0 Å². The van der Waals surface area contributed by atoms with Crippen LogP contribution in [-0.4, -0.2) is 47.2 Å². The number of H-pyrrole nitrogens is 1. The van der Waals surface area contributed by atoms with Crippen LogP contribution in [-0.2, 0) is 23.1 Å². The van der Waals surface area contributed by atoms with Gasteiger partial charge in [0.05, 0.1) is 5.69 Å². The third-order valence-electron chi connectivity index (χ3n) is 6.86. The zero-order valence-electron chi connectivity index (χ0n) is 16.5. The minimum Gasteiger partial charge on any atom is -0.387 e. The van der Waals surface area contributed by atoms with Gasteiger partial charge in [0.1, 0.15) is 6.61 Å². The first-order valence-electron chi connectivity index (χ1n) is 10.5. The molecule has 3 aliphatic rings. The average molecular weight is 394 g/mol. The number of rotatable bonds is 2. The Bertz CT molecular complexity index is 1010. The van der Waals surface area contributed by atoms with Crippen molar-refractivity contribution in [3.05, 3.63) is 51.4 Å². The lowest BCUT2D eigenvalue weighted by molar-refractivity contribution is -0.121. The van der Waals surface area contributed by atoms with Crippen molar-refractivity contribution in [3.63, 3.8) is 0 Å². The van der Waals surface area contributed by atoms with Gasteiger partial charge < -0.3 is 14.9 Å². The minimum absolute atomic E-state index is 0.0101. The topological polar surface area (TPSA) is 89.5 Å². The first kappa shape index (κ1) is 18.4. The second-order valence-corrected chi connectivity index (χ2v) is 8.44. The van der Waals surface area contributed by atoms with Crippen molar-refractivity contribution in [1.82, 2.24) is 9.97 Å². The molecule has 0 atom stereocenters. The Morgan fingerprint density at radius 3 is 2.72 bits per heavy atom. The fourth-order valence-electron chi connectivity index (χ4n) is 5.25. The van der Waals surface area contributed by atoms with Gasteiger partial charge in [-0.1, -0.05) is 18.2 Å². The van der Waals surface area contributed by atoms with E-state index in [1.807, 2.05) is 18.2 Å². The Kier molecular flexibility index (Phi) is 4.42. The van der Waals surface area contributed by atoms with Crippen LogP contribution < -0.4 is 15.4 Å². The SMILES string of the molecule is O=C(CO)N1CC2(CCN(c3nc4c(c(=O)[nH]3)CCCC4)CC2)c2ccccc21. The molecular weight excluding hydrogens is 368 g/mol. The summed E-state index contributed by atoms with van der Waals surface area (Å²) >= 11 is 0. The monoisotopic (exact) mass is 394 g/mol. The summed E-state index contributed by atoms with van der Waals surface area (Å²) in [6, 6.07) is 8.02. The van der Waals surface area contributed by atoms with Gasteiger partial charge in [-0.3, -0.25) is 14.6 Å². The highest BCUT2D eigenvalue weighted by atomic mass is 16.3. The third kappa shape index (κ3) is 2.95. The smallest absolute Gasteiger partial charge is 0.255 e. The summed E-state index contributed by atoms with van der Waals surface area (Å²) in [6.45, 7) is 1.68. The summed E-state index contributed by atoms with van der Waals surface area (Å²) in [5, 5.41) is 9.38. The van der Waals surface area contributed by atoms with Crippen molar-refractivity contribution in [2.75, 3.05) is 36.0 Å². The molecule has 0 unspecified atom stereocenters. The Labute approximate surface area is 169 Å². The van der Waals surface area contributed by atoms with Crippen molar-refractivity contribution < 1.29 is 9.90 Å². The molecule has 2 N–H and O–H groups in total. The van der Waals surface area contributed by atoms with Crippen LogP contribution in [0.25, 0.3) is 0 Å². The second kappa shape index (κ2) is 6.99. The summed E-state index contributed by atoms with van der Waals surface area (Å²) in [6.07, 6.45) is 5.62. The standard InChI is InChI=1S/C22H26N4O3/c27-13-19(28)26-14-22(16-6-2-4-8-18(16)26)9-11-25(12-10-22)21-23-17-7-3-1-5-15(17)20(29)24-21/h2,4,6,8,27H,1,3,5,7,9-14H2,(H,23,24,29). The number of aliphatic hydroxyl groups excluding tert-OH is 1. The van der Waals surface area contributed by atoms with Crippen LogP contribution in [0.3, 0.4) is 0 Å². The number of aromatic nitrogens is 2. The molecule has 1 fully saturated rings. The van der Waals surface area contributed by atoms with E-state index in [0.717, 1.165) is 68.6 Å². The zero-order chi connectivity index (χ0) is 20.0. The molecule has 29 heavy (non-hydrogen) atoms. The van der Waals surface area contributed by atoms with Crippen molar-refractivity contribution in [2.45, 2.75) is 43.9 Å². The van der Waals surface area contributed by atoms with Gasteiger partial charge >= 0.3 is 0 Å². The van der Waals surface area contributed by atoms with E-state index in [-0.39, 0.29) is 16.9 Å². The van der Waals surface area contributed by atoms with E-state index in [1.165, 1.54) is 5.56 Å². The molecule has 5 rings (SSSR count). The third-order valence-corrected chi connectivity index (χ3v) is 6.86.